The van der Waals surface area contributed by atoms with Gasteiger partial charge in [-0.3, -0.25) is 0 Å². The van der Waals surface area contributed by atoms with Gasteiger partial charge in [0.05, 0.1) is 0 Å². The SMILES string of the molecule is CNCCC1CCN(S(=O)(=O)N2CCCCCC2)CC1. The van der Waals surface area contributed by atoms with Gasteiger partial charge in [-0.15, -0.1) is 0 Å². The minimum atomic E-state index is -3.20. The summed E-state index contributed by atoms with van der Waals surface area (Å²) in [4.78, 5) is 0. The minimum absolute atomic E-state index is 0.679. The monoisotopic (exact) mass is 303 g/mol. The maximum atomic E-state index is 12.7. The van der Waals surface area contributed by atoms with Crippen LogP contribution >= 0.6 is 0 Å². The summed E-state index contributed by atoms with van der Waals surface area (Å²) in [6, 6.07) is 0. The molecule has 2 aliphatic heterocycles. The molecule has 20 heavy (non-hydrogen) atoms. The summed E-state index contributed by atoms with van der Waals surface area (Å²) in [5.74, 6) is 0.679. The van der Waals surface area contributed by atoms with Gasteiger partial charge < -0.3 is 5.32 Å². The van der Waals surface area contributed by atoms with Crippen LogP contribution in [0.15, 0.2) is 0 Å². The van der Waals surface area contributed by atoms with Gasteiger partial charge in [0, 0.05) is 26.2 Å². The molecule has 0 atom stereocenters. The van der Waals surface area contributed by atoms with Gasteiger partial charge in [-0.25, -0.2) is 0 Å². The van der Waals surface area contributed by atoms with Crippen LogP contribution in [0, 0.1) is 5.92 Å². The predicted octanol–water partition coefficient (Wildman–Crippen LogP) is 1.43. The highest BCUT2D eigenvalue weighted by Gasteiger charge is 2.32. The third-order valence-corrected chi connectivity index (χ3v) is 6.63. The fraction of sp³-hybridized carbons (Fsp3) is 1.00. The Kier molecular flexibility index (Phi) is 6.26. The van der Waals surface area contributed by atoms with Crippen molar-refractivity contribution in [3.8, 4) is 0 Å². The van der Waals surface area contributed by atoms with E-state index in [1.165, 1.54) is 0 Å². The molecule has 0 saturated carbocycles. The molecule has 2 fully saturated rings. The summed E-state index contributed by atoms with van der Waals surface area (Å²) >= 11 is 0. The Morgan fingerprint density at radius 3 is 2.05 bits per heavy atom. The fourth-order valence-electron chi connectivity index (χ4n) is 3.21. The van der Waals surface area contributed by atoms with E-state index in [1.807, 2.05) is 7.05 Å². The maximum Gasteiger partial charge on any atom is 0.281 e. The first-order valence-electron chi connectivity index (χ1n) is 8.04. The lowest BCUT2D eigenvalue weighted by Crippen LogP contribution is -2.47. The first-order chi connectivity index (χ1) is 9.64. The van der Waals surface area contributed by atoms with Crippen molar-refractivity contribution >= 4 is 10.2 Å². The van der Waals surface area contributed by atoms with E-state index < -0.39 is 10.2 Å². The average Bonchev–Trinajstić information content (AvgIpc) is 2.75. The number of piperidine rings is 1. The lowest BCUT2D eigenvalue weighted by Gasteiger charge is -2.34. The van der Waals surface area contributed by atoms with E-state index >= 15 is 0 Å². The first-order valence-corrected chi connectivity index (χ1v) is 9.44. The smallest absolute Gasteiger partial charge is 0.281 e. The quantitative estimate of drug-likeness (QED) is 0.836. The van der Waals surface area contributed by atoms with Crippen LogP contribution in [0.25, 0.3) is 0 Å². The van der Waals surface area contributed by atoms with Crippen LogP contribution < -0.4 is 5.32 Å². The van der Waals surface area contributed by atoms with Gasteiger partial charge in [-0.1, -0.05) is 12.8 Å². The van der Waals surface area contributed by atoms with Crippen LogP contribution in [0.2, 0.25) is 0 Å². The third-order valence-electron chi connectivity index (χ3n) is 4.59. The molecule has 2 rings (SSSR count). The van der Waals surface area contributed by atoms with E-state index in [4.69, 9.17) is 0 Å². The van der Waals surface area contributed by atoms with Crippen molar-refractivity contribution in [3.05, 3.63) is 0 Å². The van der Waals surface area contributed by atoms with Crippen LogP contribution in [0.3, 0.4) is 0 Å². The molecule has 118 valence electrons. The zero-order valence-electron chi connectivity index (χ0n) is 12.7. The van der Waals surface area contributed by atoms with Crippen molar-refractivity contribution in [2.45, 2.75) is 44.9 Å². The van der Waals surface area contributed by atoms with Gasteiger partial charge >= 0.3 is 0 Å². The third kappa shape index (κ3) is 4.16. The number of rotatable bonds is 5. The number of hydrogen-bond donors (Lipinski definition) is 1. The summed E-state index contributed by atoms with van der Waals surface area (Å²) in [6.45, 7) is 3.86. The summed E-state index contributed by atoms with van der Waals surface area (Å²) in [5, 5.41) is 3.18. The van der Waals surface area contributed by atoms with Crippen molar-refractivity contribution in [3.63, 3.8) is 0 Å². The lowest BCUT2D eigenvalue weighted by molar-refractivity contribution is 0.246. The molecular weight excluding hydrogens is 274 g/mol. The molecule has 2 aliphatic rings. The summed E-state index contributed by atoms with van der Waals surface area (Å²) in [6.07, 6.45) is 7.53. The summed E-state index contributed by atoms with van der Waals surface area (Å²) in [5.41, 5.74) is 0. The molecule has 0 aromatic rings. The standard InChI is InChI=1S/C14H29N3O2S/c1-15-9-6-14-7-12-17(13-8-14)20(18,19)16-10-4-2-3-5-11-16/h14-15H,2-13H2,1H3. The molecule has 0 radical (unpaired) electrons. The van der Waals surface area contributed by atoms with Crippen LogP contribution in [-0.4, -0.2) is 56.8 Å². The van der Waals surface area contributed by atoms with Crippen LogP contribution in [0.5, 0.6) is 0 Å². The minimum Gasteiger partial charge on any atom is -0.320 e. The Morgan fingerprint density at radius 2 is 1.50 bits per heavy atom. The highest BCUT2D eigenvalue weighted by molar-refractivity contribution is 7.86. The number of hydrogen-bond acceptors (Lipinski definition) is 3. The van der Waals surface area contributed by atoms with Crippen LogP contribution in [-0.2, 0) is 10.2 Å². The Balaban J connectivity index is 1.87. The first kappa shape index (κ1) is 16.2. The van der Waals surface area contributed by atoms with Crippen molar-refractivity contribution in [1.29, 1.82) is 0 Å². The van der Waals surface area contributed by atoms with E-state index in [-0.39, 0.29) is 0 Å². The van der Waals surface area contributed by atoms with E-state index in [0.29, 0.717) is 32.1 Å². The zero-order valence-corrected chi connectivity index (χ0v) is 13.5. The van der Waals surface area contributed by atoms with Crippen molar-refractivity contribution in [2.24, 2.45) is 5.92 Å². The van der Waals surface area contributed by atoms with Crippen molar-refractivity contribution in [2.75, 3.05) is 39.8 Å². The fourth-order valence-corrected chi connectivity index (χ4v) is 4.93. The topological polar surface area (TPSA) is 52.7 Å². The second-order valence-corrected chi connectivity index (χ2v) is 7.98. The number of nitrogens with zero attached hydrogens (tertiary/aromatic N) is 2. The number of nitrogens with one attached hydrogen (secondary N) is 1. The van der Waals surface area contributed by atoms with Gasteiger partial charge in [-0.2, -0.15) is 17.0 Å². The molecule has 5 nitrogen and oxygen atoms in total. The van der Waals surface area contributed by atoms with Gasteiger partial charge in [0.2, 0.25) is 0 Å². The highest BCUT2D eigenvalue weighted by Crippen LogP contribution is 2.24. The Labute approximate surface area is 123 Å². The summed E-state index contributed by atoms with van der Waals surface area (Å²) in [7, 11) is -1.23. The van der Waals surface area contributed by atoms with Gasteiger partial charge in [0.25, 0.3) is 10.2 Å². The molecule has 0 unspecified atom stereocenters. The van der Waals surface area contributed by atoms with Gasteiger partial charge in [-0.05, 0) is 51.6 Å². The van der Waals surface area contributed by atoms with Crippen molar-refractivity contribution in [1.82, 2.24) is 13.9 Å². The normalized spacial score (nSPS) is 24.6. The second kappa shape index (κ2) is 7.73. The molecule has 0 aromatic carbocycles. The summed E-state index contributed by atoms with van der Waals surface area (Å²) < 4.78 is 28.7. The molecule has 0 bridgehead atoms. The molecule has 2 saturated heterocycles. The molecule has 1 N–H and O–H groups in total. The predicted molar refractivity (Wildman–Crippen MR) is 81.8 cm³/mol. The molecule has 6 heteroatoms. The molecule has 0 aliphatic carbocycles. The van der Waals surface area contributed by atoms with Gasteiger partial charge in [0.1, 0.15) is 0 Å². The molecule has 0 spiro atoms. The Morgan fingerprint density at radius 1 is 0.950 bits per heavy atom. The zero-order chi connectivity index (χ0) is 14.4. The average molecular weight is 303 g/mol. The van der Waals surface area contributed by atoms with E-state index in [2.05, 4.69) is 5.32 Å². The molecule has 0 amide bonds. The Bertz CT molecular complexity index is 370. The molecule has 2 heterocycles. The molecular formula is C14H29N3O2S. The van der Waals surface area contributed by atoms with Gasteiger partial charge in [0.15, 0.2) is 0 Å². The van der Waals surface area contributed by atoms with E-state index in [1.54, 1.807) is 8.61 Å². The van der Waals surface area contributed by atoms with E-state index in [0.717, 1.165) is 51.5 Å². The van der Waals surface area contributed by atoms with Crippen molar-refractivity contribution < 1.29 is 8.42 Å². The lowest BCUT2D eigenvalue weighted by atomic mass is 9.95. The Hall–Kier alpha value is -0.170. The second-order valence-electron chi connectivity index (χ2n) is 6.06. The maximum absolute atomic E-state index is 12.7. The largest absolute Gasteiger partial charge is 0.320 e. The van der Waals surface area contributed by atoms with Crippen LogP contribution in [0.4, 0.5) is 0 Å². The highest BCUT2D eigenvalue weighted by atomic mass is 32.2. The van der Waals surface area contributed by atoms with E-state index in [9.17, 15) is 8.42 Å². The molecule has 0 aromatic heterocycles. The van der Waals surface area contributed by atoms with Crippen LogP contribution in [0.1, 0.15) is 44.9 Å².